The molecule has 0 saturated carbocycles. The molecule has 1 aromatic heterocycles. The number of anilines is 1. The average molecular weight is 412 g/mol. The second kappa shape index (κ2) is 8.32. The van der Waals surface area contributed by atoms with Gasteiger partial charge in [0.05, 0.1) is 7.11 Å². The lowest BCUT2D eigenvalue weighted by Crippen LogP contribution is -2.23. The van der Waals surface area contributed by atoms with Crippen LogP contribution in [0.1, 0.15) is 25.2 Å². The molecule has 4 nitrogen and oxygen atoms in total. The molecule has 5 heteroatoms. The van der Waals surface area contributed by atoms with Crippen LogP contribution < -0.4 is 9.64 Å². The summed E-state index contributed by atoms with van der Waals surface area (Å²) in [5.41, 5.74) is 1.93. The molecule has 0 amide bonds. The number of methoxy groups -OCH3 is 1. The SMILES string of the molecule is CCN(CC)c1nc(C=Cc2ccc(Br)cc2)nc2c(OC)cccc12. The second-order valence-electron chi connectivity index (χ2n) is 5.82. The quantitative estimate of drug-likeness (QED) is 0.542. The third kappa shape index (κ3) is 3.88. The van der Waals surface area contributed by atoms with Gasteiger partial charge in [-0.1, -0.05) is 40.2 Å². The maximum absolute atomic E-state index is 5.52. The third-order valence-electron chi connectivity index (χ3n) is 4.26. The molecule has 0 N–H and O–H groups in total. The molecule has 1 heterocycles. The lowest BCUT2D eigenvalue weighted by atomic mass is 10.2. The molecule has 0 aliphatic carbocycles. The molecule has 0 saturated heterocycles. The first-order valence-corrected chi connectivity index (χ1v) is 9.49. The van der Waals surface area contributed by atoms with Gasteiger partial charge in [-0.05, 0) is 49.8 Å². The Kier molecular flexibility index (Phi) is 5.89. The Morgan fingerprint density at radius 2 is 1.73 bits per heavy atom. The predicted octanol–water partition coefficient (Wildman–Crippen LogP) is 5.42. The minimum atomic E-state index is 0.673. The van der Waals surface area contributed by atoms with Crippen LogP contribution in [-0.2, 0) is 0 Å². The molecule has 0 spiro atoms. The van der Waals surface area contributed by atoms with Crippen molar-refractivity contribution < 1.29 is 4.74 Å². The number of rotatable bonds is 6. The first-order chi connectivity index (χ1) is 12.7. The van der Waals surface area contributed by atoms with Crippen LogP contribution in [0.3, 0.4) is 0 Å². The number of halogens is 1. The van der Waals surface area contributed by atoms with E-state index >= 15 is 0 Å². The van der Waals surface area contributed by atoms with Gasteiger partial charge < -0.3 is 9.64 Å². The minimum absolute atomic E-state index is 0.673. The number of nitrogens with zero attached hydrogens (tertiary/aromatic N) is 3. The first-order valence-electron chi connectivity index (χ1n) is 8.69. The van der Waals surface area contributed by atoms with Gasteiger partial charge in [0, 0.05) is 22.9 Å². The van der Waals surface area contributed by atoms with Crippen molar-refractivity contribution in [1.82, 2.24) is 9.97 Å². The molecule has 0 aliphatic heterocycles. The van der Waals surface area contributed by atoms with Crippen molar-refractivity contribution in [2.24, 2.45) is 0 Å². The molecule has 0 atom stereocenters. The standard InChI is InChI=1S/C21H22BrN3O/c1-4-25(5-2)21-17-7-6-8-18(26-3)20(17)23-19(24-21)14-11-15-9-12-16(22)13-10-15/h6-14H,4-5H2,1-3H3. The number of ether oxygens (including phenoxy) is 1. The molecule has 3 aromatic rings. The van der Waals surface area contributed by atoms with Crippen molar-refractivity contribution in [3.05, 3.63) is 58.3 Å². The van der Waals surface area contributed by atoms with Crippen LogP contribution in [0.25, 0.3) is 23.1 Å². The summed E-state index contributed by atoms with van der Waals surface area (Å²) in [6.07, 6.45) is 3.97. The summed E-state index contributed by atoms with van der Waals surface area (Å²) >= 11 is 3.46. The average Bonchev–Trinajstić information content (AvgIpc) is 2.68. The third-order valence-corrected chi connectivity index (χ3v) is 4.79. The van der Waals surface area contributed by atoms with Crippen LogP contribution in [0.15, 0.2) is 46.9 Å². The van der Waals surface area contributed by atoms with Gasteiger partial charge >= 0.3 is 0 Å². The predicted molar refractivity (Wildman–Crippen MR) is 113 cm³/mol. The molecular weight excluding hydrogens is 390 g/mol. The number of benzene rings is 2. The molecule has 0 bridgehead atoms. The lowest BCUT2D eigenvalue weighted by Gasteiger charge is -2.22. The molecule has 3 rings (SSSR count). The summed E-state index contributed by atoms with van der Waals surface area (Å²) < 4.78 is 6.58. The molecule has 0 fully saturated rings. The maximum atomic E-state index is 5.52. The highest BCUT2D eigenvalue weighted by Gasteiger charge is 2.14. The normalized spacial score (nSPS) is 11.2. The van der Waals surface area contributed by atoms with Gasteiger partial charge in [-0.15, -0.1) is 0 Å². The topological polar surface area (TPSA) is 38.2 Å². The Hall–Kier alpha value is -2.40. The maximum Gasteiger partial charge on any atom is 0.155 e. The number of para-hydroxylation sites is 1. The van der Waals surface area contributed by atoms with Crippen molar-refractivity contribution in [1.29, 1.82) is 0 Å². The van der Waals surface area contributed by atoms with Crippen LogP contribution >= 0.6 is 15.9 Å². The van der Waals surface area contributed by atoms with Gasteiger partial charge in [0.1, 0.15) is 17.1 Å². The fourth-order valence-electron chi connectivity index (χ4n) is 2.87. The number of fused-ring (bicyclic) bond motifs is 1. The molecule has 0 radical (unpaired) electrons. The zero-order valence-electron chi connectivity index (χ0n) is 15.2. The minimum Gasteiger partial charge on any atom is -0.494 e. The van der Waals surface area contributed by atoms with E-state index in [9.17, 15) is 0 Å². The fraction of sp³-hybridized carbons (Fsp3) is 0.238. The Balaban J connectivity index is 2.11. The van der Waals surface area contributed by atoms with Gasteiger partial charge in [-0.2, -0.15) is 0 Å². The highest BCUT2D eigenvalue weighted by atomic mass is 79.9. The molecule has 2 aromatic carbocycles. The van der Waals surface area contributed by atoms with E-state index in [1.54, 1.807) is 7.11 Å². The van der Waals surface area contributed by atoms with Crippen LogP contribution in [0.4, 0.5) is 5.82 Å². The highest BCUT2D eigenvalue weighted by Crippen LogP contribution is 2.30. The van der Waals surface area contributed by atoms with E-state index in [2.05, 4.69) is 34.7 Å². The van der Waals surface area contributed by atoms with E-state index in [4.69, 9.17) is 14.7 Å². The molecule has 26 heavy (non-hydrogen) atoms. The zero-order valence-corrected chi connectivity index (χ0v) is 16.8. The summed E-state index contributed by atoms with van der Waals surface area (Å²) in [6.45, 7) is 6.04. The molecule has 0 aliphatic rings. The Labute approximate surface area is 162 Å². The molecule has 0 unspecified atom stereocenters. The summed E-state index contributed by atoms with van der Waals surface area (Å²) in [5.74, 6) is 2.37. The monoisotopic (exact) mass is 411 g/mol. The number of hydrogen-bond donors (Lipinski definition) is 0. The molecular formula is C21H22BrN3O. The van der Waals surface area contributed by atoms with Gasteiger partial charge in [0.25, 0.3) is 0 Å². The van der Waals surface area contributed by atoms with E-state index in [1.165, 1.54) is 0 Å². The Morgan fingerprint density at radius 1 is 1.00 bits per heavy atom. The Bertz CT molecular complexity index is 918. The summed E-state index contributed by atoms with van der Waals surface area (Å²) in [7, 11) is 1.67. The fourth-order valence-corrected chi connectivity index (χ4v) is 3.14. The van der Waals surface area contributed by atoms with Gasteiger partial charge in [0.15, 0.2) is 5.82 Å². The zero-order chi connectivity index (χ0) is 18.5. The number of hydrogen-bond acceptors (Lipinski definition) is 4. The number of aromatic nitrogens is 2. The van der Waals surface area contributed by atoms with Crippen molar-refractivity contribution in [2.75, 3.05) is 25.1 Å². The van der Waals surface area contributed by atoms with E-state index in [0.717, 1.165) is 45.6 Å². The largest absolute Gasteiger partial charge is 0.494 e. The van der Waals surface area contributed by atoms with Crippen molar-refractivity contribution in [3.63, 3.8) is 0 Å². The van der Waals surface area contributed by atoms with Crippen molar-refractivity contribution in [3.8, 4) is 5.75 Å². The van der Waals surface area contributed by atoms with Gasteiger partial charge in [-0.3, -0.25) is 0 Å². The van der Waals surface area contributed by atoms with Crippen LogP contribution in [0.2, 0.25) is 0 Å². The van der Waals surface area contributed by atoms with Gasteiger partial charge in [0.2, 0.25) is 0 Å². The first kappa shape index (κ1) is 18.4. The van der Waals surface area contributed by atoms with Crippen molar-refractivity contribution >= 4 is 44.8 Å². The van der Waals surface area contributed by atoms with E-state index in [0.29, 0.717) is 5.82 Å². The second-order valence-corrected chi connectivity index (χ2v) is 6.73. The van der Waals surface area contributed by atoms with Crippen LogP contribution in [-0.4, -0.2) is 30.2 Å². The summed E-state index contributed by atoms with van der Waals surface area (Å²) in [4.78, 5) is 11.8. The highest BCUT2D eigenvalue weighted by molar-refractivity contribution is 9.10. The smallest absolute Gasteiger partial charge is 0.155 e. The van der Waals surface area contributed by atoms with Gasteiger partial charge in [-0.25, -0.2) is 9.97 Å². The van der Waals surface area contributed by atoms with Crippen LogP contribution in [0, 0.1) is 0 Å². The summed E-state index contributed by atoms with van der Waals surface area (Å²) in [6, 6.07) is 14.1. The summed E-state index contributed by atoms with van der Waals surface area (Å²) in [5, 5.41) is 1.01. The van der Waals surface area contributed by atoms with E-state index < -0.39 is 0 Å². The lowest BCUT2D eigenvalue weighted by molar-refractivity contribution is 0.419. The molecule has 134 valence electrons. The van der Waals surface area contributed by atoms with E-state index in [1.807, 2.05) is 54.6 Å². The van der Waals surface area contributed by atoms with Crippen molar-refractivity contribution in [2.45, 2.75) is 13.8 Å². The van der Waals surface area contributed by atoms with E-state index in [-0.39, 0.29) is 0 Å². The Morgan fingerprint density at radius 3 is 2.38 bits per heavy atom. The van der Waals surface area contributed by atoms with Crippen LogP contribution in [0.5, 0.6) is 5.75 Å².